The molecule has 0 bridgehead atoms. The Kier molecular flexibility index (Phi) is 7.93. The van der Waals surface area contributed by atoms with E-state index in [1.54, 1.807) is 0 Å². The third kappa shape index (κ3) is 6.95. The van der Waals surface area contributed by atoms with Crippen molar-refractivity contribution < 1.29 is 23.1 Å². The maximum atomic E-state index is 11.3. The van der Waals surface area contributed by atoms with E-state index in [-0.39, 0.29) is 12.2 Å². The average Bonchev–Trinajstić information content (AvgIpc) is 2.84. The molecule has 0 aliphatic heterocycles. The summed E-state index contributed by atoms with van der Waals surface area (Å²) in [4.78, 5) is 15.7. The highest BCUT2D eigenvalue weighted by Crippen LogP contribution is 2.33. The summed E-state index contributed by atoms with van der Waals surface area (Å²) in [6.45, 7) is 4.46. The molecule has 0 aliphatic carbocycles. The van der Waals surface area contributed by atoms with Crippen molar-refractivity contribution in [3.05, 3.63) is 83.4 Å². The summed E-state index contributed by atoms with van der Waals surface area (Å²) in [6.07, 6.45) is 2.30. The number of sulfone groups is 1. The third-order valence-electron chi connectivity index (χ3n) is 6.26. The van der Waals surface area contributed by atoms with Gasteiger partial charge in [0.1, 0.15) is 15.6 Å². The minimum atomic E-state index is -2.99. The van der Waals surface area contributed by atoms with Gasteiger partial charge in [0.15, 0.2) is 0 Å². The standard InChI is InChI=1S/C30H31NO5S/c1-20-16-26(36-14-5-15-37(3,34)35)17-21(2)30(20)25-7-4-6-23(19-25)28-12-10-24-18-22(9-13-29(32)33)8-11-27(24)31-28/h4,6-8,10-12,16-19H,5,9,13-15H2,1-3H3,(H,32,33). The van der Waals surface area contributed by atoms with Crippen LogP contribution in [0.25, 0.3) is 33.3 Å². The first kappa shape index (κ1) is 26.4. The summed E-state index contributed by atoms with van der Waals surface area (Å²) >= 11 is 0. The minimum absolute atomic E-state index is 0.110. The van der Waals surface area contributed by atoms with E-state index in [0.717, 1.165) is 55.7 Å². The number of carbonyl (C=O) groups is 1. The Morgan fingerprint density at radius 2 is 1.68 bits per heavy atom. The van der Waals surface area contributed by atoms with Crippen LogP contribution in [0.2, 0.25) is 0 Å². The molecule has 6 nitrogen and oxygen atoms in total. The Morgan fingerprint density at radius 1 is 0.946 bits per heavy atom. The number of aromatic nitrogens is 1. The topological polar surface area (TPSA) is 93.6 Å². The van der Waals surface area contributed by atoms with Crippen molar-refractivity contribution in [1.29, 1.82) is 0 Å². The molecule has 0 unspecified atom stereocenters. The van der Waals surface area contributed by atoms with Crippen molar-refractivity contribution in [2.24, 2.45) is 0 Å². The largest absolute Gasteiger partial charge is 0.494 e. The lowest BCUT2D eigenvalue weighted by molar-refractivity contribution is -0.136. The predicted octanol–water partition coefficient (Wildman–Crippen LogP) is 6.02. The highest BCUT2D eigenvalue weighted by molar-refractivity contribution is 7.90. The molecule has 37 heavy (non-hydrogen) atoms. The van der Waals surface area contributed by atoms with E-state index >= 15 is 0 Å². The number of pyridine rings is 1. The van der Waals surface area contributed by atoms with Crippen LogP contribution in [0.5, 0.6) is 5.75 Å². The Balaban J connectivity index is 1.56. The Hall–Kier alpha value is -3.71. The molecule has 0 saturated carbocycles. The second kappa shape index (κ2) is 11.1. The minimum Gasteiger partial charge on any atom is -0.494 e. The predicted molar refractivity (Wildman–Crippen MR) is 148 cm³/mol. The normalized spacial score (nSPS) is 11.5. The molecule has 0 radical (unpaired) electrons. The van der Waals surface area contributed by atoms with Crippen molar-refractivity contribution in [2.45, 2.75) is 33.1 Å². The summed E-state index contributed by atoms with van der Waals surface area (Å²) in [7, 11) is -2.99. The summed E-state index contributed by atoms with van der Waals surface area (Å²) in [6, 6.07) is 22.2. The second-order valence-corrected chi connectivity index (χ2v) is 11.7. The van der Waals surface area contributed by atoms with Crippen LogP contribution in [0, 0.1) is 13.8 Å². The smallest absolute Gasteiger partial charge is 0.303 e. The molecule has 4 rings (SSSR count). The Bertz CT molecular complexity index is 1540. The van der Waals surface area contributed by atoms with Gasteiger partial charge in [0, 0.05) is 23.6 Å². The summed E-state index contributed by atoms with van der Waals surface area (Å²) in [5, 5.41) is 9.92. The number of fused-ring (bicyclic) bond motifs is 1. The number of rotatable bonds is 10. The number of hydrogen-bond donors (Lipinski definition) is 1. The van der Waals surface area contributed by atoms with Gasteiger partial charge in [0.05, 0.1) is 23.6 Å². The van der Waals surface area contributed by atoms with Crippen molar-refractivity contribution in [1.82, 2.24) is 4.98 Å². The van der Waals surface area contributed by atoms with E-state index in [4.69, 9.17) is 14.8 Å². The molecule has 3 aromatic carbocycles. The van der Waals surface area contributed by atoms with Gasteiger partial charge in [-0.2, -0.15) is 0 Å². The zero-order chi connectivity index (χ0) is 26.6. The molecular weight excluding hydrogens is 486 g/mol. The molecule has 4 aromatic rings. The highest BCUT2D eigenvalue weighted by atomic mass is 32.2. The zero-order valence-electron chi connectivity index (χ0n) is 21.3. The lowest BCUT2D eigenvalue weighted by atomic mass is 9.93. The molecule has 0 spiro atoms. The molecule has 1 aromatic heterocycles. The number of nitrogens with zero attached hydrogens (tertiary/aromatic N) is 1. The van der Waals surface area contributed by atoms with Gasteiger partial charge in [0.2, 0.25) is 0 Å². The van der Waals surface area contributed by atoms with Gasteiger partial charge in [-0.25, -0.2) is 13.4 Å². The average molecular weight is 518 g/mol. The molecule has 0 saturated heterocycles. The lowest BCUT2D eigenvalue weighted by Crippen LogP contribution is -2.08. The van der Waals surface area contributed by atoms with Gasteiger partial charge in [-0.05, 0) is 90.9 Å². The Morgan fingerprint density at radius 3 is 2.38 bits per heavy atom. The number of aryl methyl sites for hydroxylation is 3. The third-order valence-corrected chi connectivity index (χ3v) is 7.29. The van der Waals surface area contributed by atoms with Crippen molar-refractivity contribution in [3.8, 4) is 28.1 Å². The van der Waals surface area contributed by atoms with E-state index in [2.05, 4.69) is 26.0 Å². The second-order valence-electron chi connectivity index (χ2n) is 9.46. The molecule has 0 aliphatic rings. The number of carboxylic acids is 1. The first-order valence-electron chi connectivity index (χ1n) is 12.2. The Labute approximate surface area is 217 Å². The number of benzene rings is 3. The van der Waals surface area contributed by atoms with Crippen LogP contribution < -0.4 is 4.74 Å². The molecular formula is C30H31NO5S. The van der Waals surface area contributed by atoms with Crippen LogP contribution >= 0.6 is 0 Å². The fraction of sp³-hybridized carbons (Fsp3) is 0.267. The van der Waals surface area contributed by atoms with Crippen LogP contribution in [-0.4, -0.2) is 43.1 Å². The SMILES string of the molecule is Cc1cc(OCCCS(C)(=O)=O)cc(C)c1-c1cccc(-c2ccc3cc(CCC(=O)O)ccc3n2)c1. The van der Waals surface area contributed by atoms with E-state index in [1.807, 2.05) is 54.6 Å². The fourth-order valence-corrected chi connectivity index (χ4v) is 5.19. The zero-order valence-corrected chi connectivity index (χ0v) is 22.1. The number of ether oxygens (including phenoxy) is 1. The van der Waals surface area contributed by atoms with Crippen LogP contribution in [0.4, 0.5) is 0 Å². The maximum Gasteiger partial charge on any atom is 0.303 e. The highest BCUT2D eigenvalue weighted by Gasteiger charge is 2.11. The first-order valence-corrected chi connectivity index (χ1v) is 14.3. The fourth-order valence-electron chi connectivity index (χ4n) is 4.55. The summed E-state index contributed by atoms with van der Waals surface area (Å²) < 4.78 is 28.5. The quantitative estimate of drug-likeness (QED) is 0.259. The van der Waals surface area contributed by atoms with Crippen LogP contribution in [-0.2, 0) is 21.1 Å². The molecule has 0 amide bonds. The number of aliphatic carboxylic acids is 1. The van der Waals surface area contributed by atoms with Gasteiger partial charge in [-0.3, -0.25) is 4.79 Å². The molecule has 1 heterocycles. The summed E-state index contributed by atoms with van der Waals surface area (Å²) in [5.41, 5.74) is 8.11. The van der Waals surface area contributed by atoms with Crippen LogP contribution in [0.1, 0.15) is 29.5 Å². The van der Waals surface area contributed by atoms with Crippen LogP contribution in [0.15, 0.2) is 66.7 Å². The van der Waals surface area contributed by atoms with Gasteiger partial charge in [-0.15, -0.1) is 0 Å². The monoisotopic (exact) mass is 517 g/mol. The maximum absolute atomic E-state index is 11.3. The van der Waals surface area contributed by atoms with Gasteiger partial charge in [-0.1, -0.05) is 30.3 Å². The molecule has 1 N–H and O–H groups in total. The molecule has 0 fully saturated rings. The number of hydrogen-bond acceptors (Lipinski definition) is 5. The van der Waals surface area contributed by atoms with E-state index in [0.29, 0.717) is 19.4 Å². The van der Waals surface area contributed by atoms with Gasteiger partial charge in [0.25, 0.3) is 0 Å². The molecule has 0 atom stereocenters. The van der Waals surface area contributed by atoms with E-state index < -0.39 is 15.8 Å². The van der Waals surface area contributed by atoms with Crippen molar-refractivity contribution in [2.75, 3.05) is 18.6 Å². The van der Waals surface area contributed by atoms with Crippen molar-refractivity contribution in [3.63, 3.8) is 0 Å². The number of carboxylic acid groups (broad SMARTS) is 1. The van der Waals surface area contributed by atoms with E-state index in [1.165, 1.54) is 6.26 Å². The molecule has 7 heteroatoms. The summed E-state index contributed by atoms with van der Waals surface area (Å²) in [5.74, 6) is 0.0536. The van der Waals surface area contributed by atoms with Gasteiger partial charge < -0.3 is 9.84 Å². The van der Waals surface area contributed by atoms with E-state index in [9.17, 15) is 13.2 Å². The van der Waals surface area contributed by atoms with Crippen LogP contribution in [0.3, 0.4) is 0 Å². The van der Waals surface area contributed by atoms with Gasteiger partial charge >= 0.3 is 5.97 Å². The van der Waals surface area contributed by atoms with Crippen molar-refractivity contribution >= 4 is 26.7 Å². The first-order chi connectivity index (χ1) is 17.6. The lowest BCUT2D eigenvalue weighted by Gasteiger charge is -2.15. The molecule has 192 valence electrons.